The molecule has 0 aliphatic rings. The van der Waals surface area contributed by atoms with Crippen LogP contribution in [0, 0.1) is 0 Å². The predicted octanol–water partition coefficient (Wildman–Crippen LogP) is 3.75. The average molecular weight is 354 g/mol. The summed E-state index contributed by atoms with van der Waals surface area (Å²) in [6.45, 7) is 2.67. The summed E-state index contributed by atoms with van der Waals surface area (Å²) in [5, 5.41) is 2.88. The van der Waals surface area contributed by atoms with Crippen LogP contribution < -0.4 is 10.1 Å². The molecule has 0 aliphatic heterocycles. The lowest BCUT2D eigenvalue weighted by molar-refractivity contribution is -0.128. The van der Waals surface area contributed by atoms with Crippen molar-refractivity contribution < 1.29 is 14.3 Å². The van der Waals surface area contributed by atoms with Gasteiger partial charge in [0.1, 0.15) is 5.75 Å². The molecule has 138 valence electrons. The highest BCUT2D eigenvalue weighted by atomic mass is 16.5. The maximum absolute atomic E-state index is 12.4. The van der Waals surface area contributed by atoms with Gasteiger partial charge in [0.15, 0.2) is 0 Å². The van der Waals surface area contributed by atoms with Gasteiger partial charge >= 0.3 is 0 Å². The summed E-state index contributed by atoms with van der Waals surface area (Å²) in [6.07, 6.45) is 2.08. The number of hydrogen-bond donors (Lipinski definition) is 1. The molecule has 0 bridgehead atoms. The highest BCUT2D eigenvalue weighted by Gasteiger charge is 2.08. The molecular weight excluding hydrogens is 328 g/mol. The first kappa shape index (κ1) is 19.5. The largest absolute Gasteiger partial charge is 0.494 e. The molecule has 0 saturated carbocycles. The fraction of sp³-hybridized carbons (Fsp3) is 0.333. The van der Waals surface area contributed by atoms with E-state index in [9.17, 15) is 9.59 Å². The number of ether oxygens (including phenoxy) is 1. The van der Waals surface area contributed by atoms with Crippen LogP contribution in [0.25, 0.3) is 0 Å². The Morgan fingerprint density at radius 2 is 1.81 bits per heavy atom. The molecule has 0 unspecified atom stereocenters. The second kappa shape index (κ2) is 9.61. The van der Waals surface area contributed by atoms with E-state index in [0.29, 0.717) is 30.8 Å². The Bertz CT molecular complexity index is 739. The third-order valence-electron chi connectivity index (χ3n) is 3.91. The maximum atomic E-state index is 12.4. The van der Waals surface area contributed by atoms with Crippen LogP contribution in [0.4, 0.5) is 5.69 Å². The van der Waals surface area contributed by atoms with Crippen LogP contribution in [0.1, 0.15) is 35.7 Å². The molecule has 5 heteroatoms. The summed E-state index contributed by atoms with van der Waals surface area (Å²) in [7, 11) is 3.51. The molecule has 0 radical (unpaired) electrons. The predicted molar refractivity (Wildman–Crippen MR) is 104 cm³/mol. The van der Waals surface area contributed by atoms with Crippen molar-refractivity contribution in [1.82, 2.24) is 4.90 Å². The van der Waals surface area contributed by atoms with Crippen LogP contribution >= 0.6 is 0 Å². The SMILES string of the molecule is CCCOc1cccc(C(=O)Nc2ccc(CCC(=O)N(C)C)cc2)c1. The van der Waals surface area contributed by atoms with E-state index in [4.69, 9.17) is 4.74 Å². The minimum Gasteiger partial charge on any atom is -0.494 e. The number of nitrogens with zero attached hydrogens (tertiary/aromatic N) is 1. The summed E-state index contributed by atoms with van der Waals surface area (Å²) < 4.78 is 5.56. The molecule has 1 N–H and O–H groups in total. The van der Waals surface area contributed by atoms with Crippen LogP contribution in [0.3, 0.4) is 0 Å². The third-order valence-corrected chi connectivity index (χ3v) is 3.91. The van der Waals surface area contributed by atoms with Crippen molar-refractivity contribution in [3.63, 3.8) is 0 Å². The molecule has 0 aromatic heterocycles. The van der Waals surface area contributed by atoms with E-state index in [2.05, 4.69) is 5.32 Å². The topological polar surface area (TPSA) is 58.6 Å². The Labute approximate surface area is 155 Å². The van der Waals surface area contributed by atoms with Crippen LogP contribution in [0.2, 0.25) is 0 Å². The van der Waals surface area contributed by atoms with E-state index in [1.165, 1.54) is 0 Å². The summed E-state index contributed by atoms with van der Waals surface area (Å²) in [5.74, 6) is 0.621. The number of nitrogens with one attached hydrogen (secondary N) is 1. The summed E-state index contributed by atoms with van der Waals surface area (Å²) >= 11 is 0. The van der Waals surface area contributed by atoms with Gasteiger partial charge in [-0.15, -0.1) is 0 Å². The van der Waals surface area contributed by atoms with Crippen LogP contribution in [-0.4, -0.2) is 37.4 Å². The van der Waals surface area contributed by atoms with Crippen LogP contribution in [0.15, 0.2) is 48.5 Å². The lowest BCUT2D eigenvalue weighted by Gasteiger charge is -2.10. The van der Waals surface area contributed by atoms with Crippen LogP contribution in [-0.2, 0) is 11.2 Å². The standard InChI is InChI=1S/C21H26N2O3/c1-4-14-26-19-7-5-6-17(15-19)21(25)22-18-11-8-16(9-12-18)10-13-20(24)23(2)3/h5-9,11-12,15H,4,10,13-14H2,1-3H3,(H,22,25). The van der Waals surface area contributed by atoms with Crippen molar-refractivity contribution in [1.29, 1.82) is 0 Å². The van der Waals surface area contributed by atoms with Crippen LogP contribution in [0.5, 0.6) is 5.75 Å². The molecule has 2 rings (SSSR count). The average Bonchev–Trinajstić information content (AvgIpc) is 2.65. The molecule has 2 aromatic rings. The maximum Gasteiger partial charge on any atom is 0.255 e. The van der Waals surface area contributed by atoms with E-state index in [-0.39, 0.29) is 11.8 Å². The number of amides is 2. The first-order valence-corrected chi connectivity index (χ1v) is 8.83. The zero-order valence-electron chi connectivity index (χ0n) is 15.6. The number of hydrogen-bond acceptors (Lipinski definition) is 3. The molecule has 0 saturated heterocycles. The molecule has 26 heavy (non-hydrogen) atoms. The van der Waals surface area contributed by atoms with Gasteiger partial charge in [0.2, 0.25) is 5.91 Å². The van der Waals surface area contributed by atoms with E-state index >= 15 is 0 Å². The number of rotatable bonds is 8. The molecule has 5 nitrogen and oxygen atoms in total. The van der Waals surface area contributed by atoms with Crippen molar-refractivity contribution in [3.8, 4) is 5.75 Å². The number of carbonyl (C=O) groups excluding carboxylic acids is 2. The fourth-order valence-corrected chi connectivity index (χ4v) is 2.38. The van der Waals surface area contributed by atoms with E-state index in [1.54, 1.807) is 31.1 Å². The Balaban J connectivity index is 1.94. The van der Waals surface area contributed by atoms with Gasteiger partial charge in [-0.1, -0.05) is 25.1 Å². The van der Waals surface area contributed by atoms with Gasteiger partial charge < -0.3 is 15.0 Å². The monoisotopic (exact) mass is 354 g/mol. The highest BCUT2D eigenvalue weighted by molar-refractivity contribution is 6.04. The zero-order valence-corrected chi connectivity index (χ0v) is 15.6. The lowest BCUT2D eigenvalue weighted by Crippen LogP contribution is -2.21. The summed E-state index contributed by atoms with van der Waals surface area (Å²) in [4.78, 5) is 25.6. The number of anilines is 1. The number of aryl methyl sites for hydroxylation is 1. The number of benzene rings is 2. The Hall–Kier alpha value is -2.82. The molecule has 2 aromatic carbocycles. The van der Waals surface area contributed by atoms with Gasteiger partial charge in [-0.05, 0) is 48.7 Å². The third kappa shape index (κ3) is 5.92. The smallest absolute Gasteiger partial charge is 0.255 e. The van der Waals surface area contributed by atoms with Gasteiger partial charge in [0.25, 0.3) is 5.91 Å². The van der Waals surface area contributed by atoms with Crippen molar-refractivity contribution in [2.24, 2.45) is 0 Å². The van der Waals surface area contributed by atoms with Crippen molar-refractivity contribution >= 4 is 17.5 Å². The molecule has 0 heterocycles. The first-order valence-electron chi connectivity index (χ1n) is 8.83. The normalized spacial score (nSPS) is 10.3. The number of carbonyl (C=O) groups is 2. The second-order valence-electron chi connectivity index (χ2n) is 6.32. The lowest BCUT2D eigenvalue weighted by atomic mass is 10.1. The molecular formula is C21H26N2O3. The van der Waals surface area contributed by atoms with E-state index in [1.807, 2.05) is 43.3 Å². The zero-order chi connectivity index (χ0) is 18.9. The second-order valence-corrected chi connectivity index (χ2v) is 6.32. The Morgan fingerprint density at radius 1 is 1.08 bits per heavy atom. The summed E-state index contributed by atoms with van der Waals surface area (Å²) in [5.41, 5.74) is 2.34. The Morgan fingerprint density at radius 3 is 2.46 bits per heavy atom. The molecule has 0 spiro atoms. The molecule has 2 amide bonds. The fourth-order valence-electron chi connectivity index (χ4n) is 2.38. The molecule has 0 atom stereocenters. The Kier molecular flexibility index (Phi) is 7.21. The van der Waals surface area contributed by atoms with E-state index in [0.717, 1.165) is 17.7 Å². The van der Waals surface area contributed by atoms with Gasteiger partial charge in [-0.2, -0.15) is 0 Å². The van der Waals surface area contributed by atoms with Gasteiger partial charge in [0, 0.05) is 31.8 Å². The van der Waals surface area contributed by atoms with Gasteiger partial charge in [-0.25, -0.2) is 0 Å². The van der Waals surface area contributed by atoms with E-state index < -0.39 is 0 Å². The molecule has 0 fully saturated rings. The van der Waals surface area contributed by atoms with Gasteiger partial charge in [0.05, 0.1) is 6.61 Å². The van der Waals surface area contributed by atoms with Gasteiger partial charge in [-0.3, -0.25) is 9.59 Å². The van der Waals surface area contributed by atoms with Crippen molar-refractivity contribution in [3.05, 3.63) is 59.7 Å². The van der Waals surface area contributed by atoms with Crippen molar-refractivity contribution in [2.75, 3.05) is 26.0 Å². The highest BCUT2D eigenvalue weighted by Crippen LogP contribution is 2.16. The quantitative estimate of drug-likeness (QED) is 0.785. The summed E-state index contributed by atoms with van der Waals surface area (Å²) in [6, 6.07) is 14.7. The minimum atomic E-state index is -0.178. The minimum absolute atomic E-state index is 0.104. The first-order chi connectivity index (χ1) is 12.5. The molecule has 0 aliphatic carbocycles. The van der Waals surface area contributed by atoms with Crippen molar-refractivity contribution in [2.45, 2.75) is 26.2 Å².